The number of anilines is 1. The van der Waals surface area contributed by atoms with Gasteiger partial charge in [0.1, 0.15) is 18.0 Å². The Bertz CT molecular complexity index is 1740. The molecule has 4 aromatic heterocycles. The Balaban J connectivity index is 1.33. The summed E-state index contributed by atoms with van der Waals surface area (Å²) in [7, 11) is 0. The van der Waals surface area contributed by atoms with Crippen molar-refractivity contribution in [3.63, 3.8) is 0 Å². The van der Waals surface area contributed by atoms with E-state index in [2.05, 4.69) is 36.5 Å². The van der Waals surface area contributed by atoms with Gasteiger partial charge in [0.15, 0.2) is 0 Å². The Hall–Kier alpha value is -4.38. The number of hydrogen-bond acceptors (Lipinski definition) is 7. The van der Waals surface area contributed by atoms with E-state index in [9.17, 15) is 9.18 Å². The molecule has 0 radical (unpaired) electrons. The van der Waals surface area contributed by atoms with Crippen LogP contribution in [0.15, 0.2) is 59.8 Å². The summed E-state index contributed by atoms with van der Waals surface area (Å²) in [5.41, 5.74) is 9.25. The summed E-state index contributed by atoms with van der Waals surface area (Å²) in [6.45, 7) is 0. The highest BCUT2D eigenvalue weighted by atomic mass is 35.5. The van der Waals surface area contributed by atoms with Crippen LogP contribution in [0.4, 0.5) is 10.2 Å². The molecule has 5 heterocycles. The molecule has 1 fully saturated rings. The standard InChI is InChI=1S/C25H19ClFN9O/c26-14-1-3-18(35-12-30-33-34-35)16(9-14)13-7-20-25(5-6-25)10-19(36(20)22(37)8-13)24-29-11-17(31-24)15-2-4-21(28)32-23(15)27/h1-4,7-9,11-12,19H,5-6,10H2,(H2,28,32)(H,29,31)/t19-/m1/s1. The minimum atomic E-state index is -0.678. The number of fused-ring (bicyclic) bond motifs is 2. The van der Waals surface area contributed by atoms with Crippen molar-refractivity contribution in [2.24, 2.45) is 0 Å². The van der Waals surface area contributed by atoms with Gasteiger partial charge in [0.25, 0.3) is 5.56 Å². The molecule has 0 bridgehead atoms. The lowest BCUT2D eigenvalue weighted by atomic mass is 9.96. The Kier molecular flexibility index (Phi) is 4.61. The number of rotatable bonds is 4. The number of hydrogen-bond donors (Lipinski definition) is 2. The summed E-state index contributed by atoms with van der Waals surface area (Å²) in [4.78, 5) is 25.0. The van der Waals surface area contributed by atoms with Gasteiger partial charge in [-0.3, -0.25) is 4.79 Å². The van der Waals surface area contributed by atoms with E-state index in [1.807, 2.05) is 12.1 Å². The van der Waals surface area contributed by atoms with Crippen molar-refractivity contribution in [1.29, 1.82) is 0 Å². The number of nitrogen functional groups attached to an aromatic ring is 1. The molecule has 12 heteroatoms. The zero-order valence-electron chi connectivity index (χ0n) is 19.3. The van der Waals surface area contributed by atoms with Crippen LogP contribution in [0.1, 0.15) is 36.8 Å². The van der Waals surface area contributed by atoms with Gasteiger partial charge in [-0.1, -0.05) is 11.6 Å². The molecule has 7 rings (SSSR count). The molecule has 3 N–H and O–H groups in total. The number of imidazole rings is 1. The van der Waals surface area contributed by atoms with Crippen LogP contribution >= 0.6 is 11.6 Å². The third-order valence-corrected chi connectivity index (χ3v) is 7.53. The first-order valence-electron chi connectivity index (χ1n) is 11.7. The molecule has 1 spiro atoms. The average Bonchev–Trinajstić information content (AvgIpc) is 3.21. The average molecular weight is 516 g/mol. The molecule has 1 atom stereocenters. The van der Waals surface area contributed by atoms with Crippen molar-refractivity contribution in [2.75, 3.05) is 5.73 Å². The zero-order valence-corrected chi connectivity index (χ0v) is 20.0. The number of aromatic nitrogens is 8. The van der Waals surface area contributed by atoms with Crippen LogP contribution in [0.2, 0.25) is 5.02 Å². The molecule has 2 aliphatic rings. The van der Waals surface area contributed by atoms with Gasteiger partial charge < -0.3 is 15.3 Å². The minimum absolute atomic E-state index is 0.103. The number of aromatic amines is 1. The van der Waals surface area contributed by atoms with E-state index < -0.39 is 5.95 Å². The lowest BCUT2D eigenvalue weighted by molar-refractivity contribution is 0.542. The van der Waals surface area contributed by atoms with Gasteiger partial charge in [0, 0.05) is 27.8 Å². The predicted molar refractivity (Wildman–Crippen MR) is 134 cm³/mol. The maximum absolute atomic E-state index is 14.4. The van der Waals surface area contributed by atoms with Crippen molar-refractivity contribution in [1.82, 2.24) is 39.7 Å². The summed E-state index contributed by atoms with van der Waals surface area (Å²) in [6.07, 6.45) is 5.75. The highest BCUT2D eigenvalue weighted by Crippen LogP contribution is 2.58. The normalized spacial score (nSPS) is 17.3. The molecule has 0 amide bonds. The molecule has 1 aliphatic carbocycles. The Morgan fingerprint density at radius 3 is 2.76 bits per heavy atom. The topological polar surface area (TPSA) is 133 Å². The van der Waals surface area contributed by atoms with Crippen LogP contribution < -0.4 is 11.3 Å². The highest BCUT2D eigenvalue weighted by Gasteiger charge is 2.54. The predicted octanol–water partition coefficient (Wildman–Crippen LogP) is 3.68. The first-order chi connectivity index (χ1) is 17.9. The van der Waals surface area contributed by atoms with Crippen LogP contribution in [-0.4, -0.2) is 39.7 Å². The van der Waals surface area contributed by atoms with Gasteiger partial charge in [-0.05, 0) is 71.7 Å². The van der Waals surface area contributed by atoms with E-state index in [0.29, 0.717) is 22.2 Å². The van der Waals surface area contributed by atoms with Crippen LogP contribution in [-0.2, 0) is 5.41 Å². The number of benzene rings is 1. The van der Waals surface area contributed by atoms with Crippen molar-refractivity contribution < 1.29 is 4.39 Å². The van der Waals surface area contributed by atoms with Gasteiger partial charge in [-0.2, -0.15) is 9.07 Å². The Morgan fingerprint density at radius 2 is 2.00 bits per heavy atom. The molecule has 0 unspecified atom stereocenters. The molecule has 37 heavy (non-hydrogen) atoms. The van der Waals surface area contributed by atoms with Crippen LogP contribution in [0.3, 0.4) is 0 Å². The quantitative estimate of drug-likeness (QED) is 0.349. The van der Waals surface area contributed by atoms with E-state index in [1.54, 1.807) is 33.6 Å². The van der Waals surface area contributed by atoms with E-state index in [-0.39, 0.29) is 28.4 Å². The number of H-pyrrole nitrogens is 1. The van der Waals surface area contributed by atoms with Crippen LogP contribution in [0.5, 0.6) is 0 Å². The van der Waals surface area contributed by atoms with E-state index in [0.717, 1.165) is 36.1 Å². The second-order valence-corrected chi connectivity index (χ2v) is 9.95. The maximum atomic E-state index is 14.4. The second kappa shape index (κ2) is 7.81. The number of tetrazole rings is 1. The van der Waals surface area contributed by atoms with Gasteiger partial charge >= 0.3 is 0 Å². The van der Waals surface area contributed by atoms with Gasteiger partial charge in [-0.15, -0.1) is 5.10 Å². The third-order valence-electron chi connectivity index (χ3n) is 7.30. The monoisotopic (exact) mass is 515 g/mol. The first-order valence-corrected chi connectivity index (χ1v) is 12.1. The fourth-order valence-corrected chi connectivity index (χ4v) is 5.54. The Morgan fingerprint density at radius 1 is 1.14 bits per heavy atom. The fraction of sp³-hybridized carbons (Fsp3) is 0.200. The minimum Gasteiger partial charge on any atom is -0.384 e. The third kappa shape index (κ3) is 3.45. The van der Waals surface area contributed by atoms with Crippen LogP contribution in [0.25, 0.3) is 28.1 Å². The molecule has 5 aromatic rings. The lowest BCUT2D eigenvalue weighted by Gasteiger charge is -2.15. The molecule has 1 aliphatic heterocycles. The van der Waals surface area contributed by atoms with E-state index in [1.165, 1.54) is 12.4 Å². The van der Waals surface area contributed by atoms with Crippen molar-refractivity contribution in [3.05, 3.63) is 87.8 Å². The van der Waals surface area contributed by atoms with Gasteiger partial charge in [-0.25, -0.2) is 9.97 Å². The van der Waals surface area contributed by atoms with Crippen molar-refractivity contribution >= 4 is 17.4 Å². The maximum Gasteiger partial charge on any atom is 0.252 e. The van der Waals surface area contributed by atoms with Crippen molar-refractivity contribution in [2.45, 2.75) is 30.7 Å². The van der Waals surface area contributed by atoms with Crippen molar-refractivity contribution in [3.8, 4) is 28.1 Å². The lowest BCUT2D eigenvalue weighted by Crippen LogP contribution is -2.24. The smallest absolute Gasteiger partial charge is 0.252 e. The molecular formula is C25H19ClFN9O. The molecule has 10 nitrogen and oxygen atoms in total. The molecular weight excluding hydrogens is 497 g/mol. The highest BCUT2D eigenvalue weighted by molar-refractivity contribution is 6.31. The zero-order chi connectivity index (χ0) is 25.3. The number of nitrogens with two attached hydrogens (primary N) is 1. The molecule has 1 saturated carbocycles. The van der Waals surface area contributed by atoms with E-state index >= 15 is 0 Å². The molecule has 184 valence electrons. The van der Waals surface area contributed by atoms with E-state index in [4.69, 9.17) is 17.3 Å². The number of pyridine rings is 2. The van der Waals surface area contributed by atoms with Gasteiger partial charge in [0.2, 0.25) is 5.95 Å². The fourth-order valence-electron chi connectivity index (χ4n) is 5.36. The first kappa shape index (κ1) is 21.9. The summed E-state index contributed by atoms with van der Waals surface area (Å²) in [5, 5.41) is 12.0. The molecule has 0 saturated heterocycles. The number of halogens is 2. The number of nitrogens with one attached hydrogen (secondary N) is 1. The number of nitrogens with zero attached hydrogens (tertiary/aromatic N) is 7. The van der Waals surface area contributed by atoms with Crippen LogP contribution in [0, 0.1) is 5.95 Å². The second-order valence-electron chi connectivity index (χ2n) is 9.51. The summed E-state index contributed by atoms with van der Waals surface area (Å²) in [5.74, 6) is 0.0253. The largest absolute Gasteiger partial charge is 0.384 e. The Labute approximate surface area is 214 Å². The summed E-state index contributed by atoms with van der Waals surface area (Å²) < 4.78 is 17.8. The van der Waals surface area contributed by atoms with Gasteiger partial charge in [0.05, 0.1) is 29.2 Å². The SMILES string of the molecule is Nc1ccc(-c2cnc([C@H]3CC4(CC4)c4cc(-c5cc(Cl)ccc5-n5cnnn5)cc(=O)n43)[nH]2)c(F)n1. The summed E-state index contributed by atoms with van der Waals surface area (Å²) in [6, 6.07) is 11.9. The molecule has 1 aromatic carbocycles. The summed E-state index contributed by atoms with van der Waals surface area (Å²) >= 11 is 6.33.